The van der Waals surface area contributed by atoms with Crippen molar-refractivity contribution in [1.82, 2.24) is 19.9 Å². The number of aromatic nitrogens is 2. The Hall–Kier alpha value is -2.21. The van der Waals surface area contributed by atoms with Crippen LogP contribution in [0.3, 0.4) is 0 Å². The predicted molar refractivity (Wildman–Crippen MR) is 93.3 cm³/mol. The number of carbonyl (C=O) groups excluding carboxylic acids is 1. The van der Waals surface area contributed by atoms with Crippen molar-refractivity contribution in [3.05, 3.63) is 46.6 Å². The number of fused-ring (bicyclic) bond motifs is 1. The molecule has 0 radical (unpaired) electrons. The zero-order valence-electron chi connectivity index (χ0n) is 14.7. The number of nitrogens with zero attached hydrogens (tertiary/aromatic N) is 4. The number of hydrogen-bond acceptors (Lipinski definition) is 5. The van der Waals surface area contributed by atoms with Gasteiger partial charge in [-0.05, 0) is 48.9 Å². The maximum absolute atomic E-state index is 12.8. The largest absolute Gasteiger partial charge is 0.340 e. The first-order chi connectivity index (χ1) is 12.2. The van der Waals surface area contributed by atoms with Gasteiger partial charge in [-0.15, -0.1) is 0 Å². The van der Waals surface area contributed by atoms with Gasteiger partial charge < -0.3 is 9.42 Å². The summed E-state index contributed by atoms with van der Waals surface area (Å²) in [5.74, 6) is 1.46. The van der Waals surface area contributed by atoms with Crippen LogP contribution in [0, 0.1) is 6.92 Å². The van der Waals surface area contributed by atoms with Gasteiger partial charge in [0.25, 0.3) is 5.91 Å². The first-order valence-corrected chi connectivity index (χ1v) is 9.12. The molecular weight excluding hydrogens is 316 g/mol. The fourth-order valence-corrected chi connectivity index (χ4v) is 3.76. The Labute approximate surface area is 147 Å². The van der Waals surface area contributed by atoms with Crippen molar-refractivity contribution in [3.8, 4) is 0 Å². The maximum Gasteiger partial charge on any atom is 0.253 e. The van der Waals surface area contributed by atoms with E-state index in [2.05, 4.69) is 27.2 Å². The summed E-state index contributed by atoms with van der Waals surface area (Å²) in [6.07, 6.45) is 4.76. The monoisotopic (exact) mass is 340 g/mol. The molecule has 1 aromatic carbocycles. The SMILES string of the molecule is Cc1nc(CN2CCN(C(=O)c3ccc4c(c3)CCCC4)CC2)no1. The number of aryl methyl sites for hydroxylation is 3. The van der Waals surface area contributed by atoms with Crippen molar-refractivity contribution in [2.45, 2.75) is 39.2 Å². The number of benzene rings is 1. The first kappa shape index (κ1) is 16.3. The Kier molecular flexibility index (Phi) is 4.53. The van der Waals surface area contributed by atoms with E-state index >= 15 is 0 Å². The molecule has 0 unspecified atom stereocenters. The van der Waals surface area contributed by atoms with E-state index in [9.17, 15) is 4.79 Å². The second-order valence-corrected chi connectivity index (χ2v) is 6.99. The normalized spacial score (nSPS) is 18.2. The third-order valence-corrected chi connectivity index (χ3v) is 5.19. The fraction of sp³-hybridized carbons (Fsp3) is 0.526. The van der Waals surface area contributed by atoms with Gasteiger partial charge in [0.05, 0.1) is 6.54 Å². The lowest BCUT2D eigenvalue weighted by molar-refractivity contribution is 0.0624. The molecule has 0 saturated carbocycles. The van der Waals surface area contributed by atoms with E-state index in [1.54, 1.807) is 6.92 Å². The van der Waals surface area contributed by atoms with Gasteiger partial charge in [0.1, 0.15) is 0 Å². The van der Waals surface area contributed by atoms with Crippen LogP contribution < -0.4 is 0 Å². The molecule has 1 aliphatic carbocycles. The number of carbonyl (C=O) groups is 1. The van der Waals surface area contributed by atoms with Crippen LogP contribution in [0.5, 0.6) is 0 Å². The van der Waals surface area contributed by atoms with Crippen molar-refractivity contribution in [2.75, 3.05) is 26.2 Å². The molecule has 25 heavy (non-hydrogen) atoms. The van der Waals surface area contributed by atoms with E-state index in [0.717, 1.165) is 44.6 Å². The average molecular weight is 340 g/mol. The second kappa shape index (κ2) is 6.96. The molecule has 1 aromatic heterocycles. The summed E-state index contributed by atoms with van der Waals surface area (Å²) in [6, 6.07) is 6.27. The van der Waals surface area contributed by atoms with Gasteiger partial charge in [-0.1, -0.05) is 11.2 Å². The lowest BCUT2D eigenvalue weighted by Crippen LogP contribution is -2.48. The van der Waals surface area contributed by atoms with Gasteiger partial charge in [0, 0.05) is 38.7 Å². The molecule has 6 heteroatoms. The number of piperazine rings is 1. The Morgan fingerprint density at radius 3 is 2.60 bits per heavy atom. The van der Waals surface area contributed by atoms with Crippen LogP contribution in [0.1, 0.15) is 46.0 Å². The highest BCUT2D eigenvalue weighted by Crippen LogP contribution is 2.23. The van der Waals surface area contributed by atoms with E-state index < -0.39 is 0 Å². The second-order valence-electron chi connectivity index (χ2n) is 6.99. The van der Waals surface area contributed by atoms with Crippen molar-refractivity contribution in [2.24, 2.45) is 0 Å². The van der Waals surface area contributed by atoms with E-state index in [1.165, 1.54) is 24.0 Å². The Bertz CT molecular complexity index is 763. The molecule has 2 aliphatic rings. The smallest absolute Gasteiger partial charge is 0.253 e. The molecule has 1 fully saturated rings. The molecular formula is C19H24N4O2. The van der Waals surface area contributed by atoms with Crippen LogP contribution >= 0.6 is 0 Å². The summed E-state index contributed by atoms with van der Waals surface area (Å²) >= 11 is 0. The fourth-order valence-electron chi connectivity index (χ4n) is 3.76. The molecule has 1 aliphatic heterocycles. The van der Waals surface area contributed by atoms with Crippen molar-refractivity contribution in [1.29, 1.82) is 0 Å². The van der Waals surface area contributed by atoms with E-state index in [4.69, 9.17) is 4.52 Å². The summed E-state index contributed by atoms with van der Waals surface area (Å²) in [5.41, 5.74) is 3.62. The summed E-state index contributed by atoms with van der Waals surface area (Å²) in [4.78, 5) is 21.3. The highest BCUT2D eigenvalue weighted by Gasteiger charge is 2.24. The Morgan fingerprint density at radius 2 is 1.88 bits per heavy atom. The molecule has 2 aromatic rings. The number of amides is 1. The van der Waals surface area contributed by atoms with Gasteiger partial charge in [-0.2, -0.15) is 4.98 Å². The molecule has 6 nitrogen and oxygen atoms in total. The zero-order chi connectivity index (χ0) is 17.2. The Balaban J connectivity index is 1.36. The molecule has 0 N–H and O–H groups in total. The minimum atomic E-state index is 0.156. The van der Waals surface area contributed by atoms with Crippen LogP contribution in [0.2, 0.25) is 0 Å². The summed E-state index contributed by atoms with van der Waals surface area (Å²) < 4.78 is 5.02. The first-order valence-electron chi connectivity index (χ1n) is 9.12. The Morgan fingerprint density at radius 1 is 1.12 bits per heavy atom. The van der Waals surface area contributed by atoms with Gasteiger partial charge in [0.2, 0.25) is 5.89 Å². The van der Waals surface area contributed by atoms with Crippen LogP contribution in [0.25, 0.3) is 0 Å². The third-order valence-electron chi connectivity index (χ3n) is 5.19. The summed E-state index contributed by atoms with van der Waals surface area (Å²) in [5, 5.41) is 3.94. The molecule has 0 atom stereocenters. The molecule has 1 saturated heterocycles. The number of hydrogen-bond donors (Lipinski definition) is 0. The molecule has 0 spiro atoms. The molecule has 4 rings (SSSR count). The lowest BCUT2D eigenvalue weighted by atomic mass is 9.90. The standard InChI is InChI=1S/C19H24N4O2/c1-14-20-18(21-25-14)13-22-8-10-23(11-9-22)19(24)17-7-6-15-4-2-3-5-16(15)12-17/h6-7,12H,2-5,8-11,13H2,1H3. The van der Waals surface area contributed by atoms with Crippen LogP contribution in [0.15, 0.2) is 22.7 Å². The van der Waals surface area contributed by atoms with Crippen molar-refractivity contribution >= 4 is 5.91 Å². The average Bonchev–Trinajstić information content (AvgIpc) is 3.06. The van der Waals surface area contributed by atoms with Crippen molar-refractivity contribution < 1.29 is 9.32 Å². The van der Waals surface area contributed by atoms with Crippen LogP contribution in [-0.2, 0) is 19.4 Å². The minimum absolute atomic E-state index is 0.156. The van der Waals surface area contributed by atoms with Gasteiger partial charge in [-0.25, -0.2) is 0 Å². The number of rotatable bonds is 3. The van der Waals surface area contributed by atoms with Crippen LogP contribution in [-0.4, -0.2) is 52.0 Å². The van der Waals surface area contributed by atoms with Gasteiger partial charge in [-0.3, -0.25) is 9.69 Å². The maximum atomic E-state index is 12.8. The molecule has 0 bridgehead atoms. The zero-order valence-corrected chi connectivity index (χ0v) is 14.7. The van der Waals surface area contributed by atoms with Crippen LogP contribution in [0.4, 0.5) is 0 Å². The molecule has 132 valence electrons. The topological polar surface area (TPSA) is 62.5 Å². The van der Waals surface area contributed by atoms with E-state index in [1.807, 2.05) is 11.0 Å². The minimum Gasteiger partial charge on any atom is -0.340 e. The summed E-state index contributed by atoms with van der Waals surface area (Å²) in [6.45, 7) is 5.64. The van der Waals surface area contributed by atoms with Gasteiger partial charge in [0.15, 0.2) is 5.82 Å². The van der Waals surface area contributed by atoms with Gasteiger partial charge >= 0.3 is 0 Å². The third kappa shape index (κ3) is 3.58. The molecule has 1 amide bonds. The molecule has 2 heterocycles. The van der Waals surface area contributed by atoms with Crippen molar-refractivity contribution in [3.63, 3.8) is 0 Å². The summed E-state index contributed by atoms with van der Waals surface area (Å²) in [7, 11) is 0. The lowest BCUT2D eigenvalue weighted by Gasteiger charge is -2.34. The predicted octanol–water partition coefficient (Wildman–Crippen LogP) is 2.21. The van der Waals surface area contributed by atoms with E-state index in [0.29, 0.717) is 18.3 Å². The highest BCUT2D eigenvalue weighted by atomic mass is 16.5. The quantitative estimate of drug-likeness (QED) is 0.857. The highest BCUT2D eigenvalue weighted by molar-refractivity contribution is 5.94. The van der Waals surface area contributed by atoms with E-state index in [-0.39, 0.29) is 5.91 Å².